The van der Waals surface area contributed by atoms with Gasteiger partial charge in [0, 0.05) is 43.3 Å². The van der Waals surface area contributed by atoms with Crippen LogP contribution in [0.15, 0.2) is 0 Å². The van der Waals surface area contributed by atoms with Crippen LogP contribution in [0, 0.1) is 5.92 Å². The van der Waals surface area contributed by atoms with Crippen LogP contribution >= 0.6 is 0 Å². The van der Waals surface area contributed by atoms with Crippen LogP contribution in [0.5, 0.6) is 0 Å². The van der Waals surface area contributed by atoms with Crippen molar-refractivity contribution in [2.24, 2.45) is 5.92 Å². The zero-order valence-corrected chi connectivity index (χ0v) is 14.5. The lowest BCUT2D eigenvalue weighted by atomic mass is 9.91. The third kappa shape index (κ3) is 4.71. The SMILES string of the molecule is CC(C)(C)N[C@@H]1CCCN(CC2CN(C(C)(C)C)C2)C1. The Morgan fingerprint density at radius 2 is 1.65 bits per heavy atom. The van der Waals surface area contributed by atoms with Gasteiger partial charge in [-0.3, -0.25) is 4.90 Å². The average Bonchev–Trinajstić information content (AvgIpc) is 2.19. The van der Waals surface area contributed by atoms with E-state index in [9.17, 15) is 0 Å². The standard InChI is InChI=1S/C17H35N3/c1-16(2,3)18-15-8-7-9-19(13-15)10-14-11-20(12-14)17(4,5)6/h14-15,18H,7-13H2,1-6H3/t15-/m1/s1. The maximum absolute atomic E-state index is 3.78. The highest BCUT2D eigenvalue weighted by atomic mass is 15.3. The smallest absolute Gasteiger partial charge is 0.0200 e. The molecule has 118 valence electrons. The van der Waals surface area contributed by atoms with Gasteiger partial charge in [0.25, 0.3) is 0 Å². The van der Waals surface area contributed by atoms with Gasteiger partial charge in [-0.05, 0) is 66.8 Å². The lowest BCUT2D eigenvalue weighted by Crippen LogP contribution is -2.60. The highest BCUT2D eigenvalue weighted by molar-refractivity contribution is 4.91. The van der Waals surface area contributed by atoms with Gasteiger partial charge in [-0.25, -0.2) is 0 Å². The van der Waals surface area contributed by atoms with Crippen LogP contribution in [0.2, 0.25) is 0 Å². The van der Waals surface area contributed by atoms with Crippen molar-refractivity contribution in [3.05, 3.63) is 0 Å². The van der Waals surface area contributed by atoms with E-state index in [1.807, 2.05) is 0 Å². The number of piperidine rings is 1. The van der Waals surface area contributed by atoms with Gasteiger partial charge in [0.15, 0.2) is 0 Å². The first-order valence-corrected chi connectivity index (χ1v) is 8.38. The molecule has 2 saturated heterocycles. The maximum Gasteiger partial charge on any atom is 0.0200 e. The summed E-state index contributed by atoms with van der Waals surface area (Å²) in [5, 5.41) is 3.78. The molecule has 2 aliphatic heterocycles. The fraction of sp³-hybridized carbons (Fsp3) is 1.00. The van der Waals surface area contributed by atoms with Crippen molar-refractivity contribution in [3.8, 4) is 0 Å². The minimum atomic E-state index is 0.243. The second kappa shape index (κ2) is 5.94. The van der Waals surface area contributed by atoms with Gasteiger partial charge in [-0.2, -0.15) is 0 Å². The molecule has 0 aromatic carbocycles. The van der Waals surface area contributed by atoms with Crippen LogP contribution in [0.3, 0.4) is 0 Å². The summed E-state index contributed by atoms with van der Waals surface area (Å²) >= 11 is 0. The summed E-state index contributed by atoms with van der Waals surface area (Å²) in [4.78, 5) is 5.30. The molecule has 2 aliphatic rings. The van der Waals surface area contributed by atoms with E-state index in [4.69, 9.17) is 0 Å². The fourth-order valence-corrected chi connectivity index (χ4v) is 3.55. The van der Waals surface area contributed by atoms with Crippen molar-refractivity contribution in [3.63, 3.8) is 0 Å². The maximum atomic E-state index is 3.78. The number of hydrogen-bond donors (Lipinski definition) is 1. The van der Waals surface area contributed by atoms with E-state index in [-0.39, 0.29) is 5.54 Å². The second-order valence-electron chi connectivity index (χ2n) is 8.93. The molecule has 0 aromatic heterocycles. The zero-order chi connectivity index (χ0) is 15.0. The van der Waals surface area contributed by atoms with Crippen molar-refractivity contribution in [1.29, 1.82) is 0 Å². The molecule has 0 aliphatic carbocycles. The molecular formula is C17H35N3. The van der Waals surface area contributed by atoms with Gasteiger partial charge in [0.05, 0.1) is 0 Å². The molecule has 1 N–H and O–H groups in total. The molecule has 0 spiro atoms. The van der Waals surface area contributed by atoms with Crippen LogP contribution in [-0.2, 0) is 0 Å². The molecule has 1 atom stereocenters. The number of nitrogens with zero attached hydrogens (tertiary/aromatic N) is 2. The Morgan fingerprint density at radius 1 is 1.00 bits per heavy atom. The largest absolute Gasteiger partial charge is 0.308 e. The molecule has 0 radical (unpaired) electrons. The first-order chi connectivity index (χ1) is 9.13. The van der Waals surface area contributed by atoms with Crippen molar-refractivity contribution in [1.82, 2.24) is 15.1 Å². The summed E-state index contributed by atoms with van der Waals surface area (Å²) in [7, 11) is 0. The Bertz CT molecular complexity index is 307. The summed E-state index contributed by atoms with van der Waals surface area (Å²) in [6.07, 6.45) is 2.69. The summed E-state index contributed by atoms with van der Waals surface area (Å²) < 4.78 is 0. The Hall–Kier alpha value is -0.120. The minimum Gasteiger partial charge on any atom is -0.308 e. The normalized spacial score (nSPS) is 27.6. The molecule has 0 aromatic rings. The van der Waals surface area contributed by atoms with E-state index >= 15 is 0 Å². The molecule has 3 nitrogen and oxygen atoms in total. The minimum absolute atomic E-state index is 0.243. The summed E-state index contributed by atoms with van der Waals surface area (Å²) in [6.45, 7) is 20.2. The van der Waals surface area contributed by atoms with Gasteiger partial charge < -0.3 is 10.2 Å². The molecule has 2 rings (SSSR count). The zero-order valence-electron chi connectivity index (χ0n) is 14.5. The predicted molar refractivity (Wildman–Crippen MR) is 87.2 cm³/mol. The topological polar surface area (TPSA) is 18.5 Å². The third-order valence-corrected chi connectivity index (χ3v) is 4.56. The molecule has 0 unspecified atom stereocenters. The van der Waals surface area contributed by atoms with Gasteiger partial charge in [0.2, 0.25) is 0 Å². The average molecular weight is 281 g/mol. The number of likely N-dealkylation sites (tertiary alicyclic amines) is 2. The van der Waals surface area contributed by atoms with E-state index in [0.29, 0.717) is 11.6 Å². The van der Waals surface area contributed by atoms with Gasteiger partial charge in [0.1, 0.15) is 0 Å². The highest BCUT2D eigenvalue weighted by Crippen LogP contribution is 2.26. The highest BCUT2D eigenvalue weighted by Gasteiger charge is 2.35. The predicted octanol–water partition coefficient (Wildman–Crippen LogP) is 2.57. The van der Waals surface area contributed by atoms with E-state index in [0.717, 1.165) is 5.92 Å². The third-order valence-electron chi connectivity index (χ3n) is 4.56. The van der Waals surface area contributed by atoms with Gasteiger partial charge in [-0.15, -0.1) is 0 Å². The molecule has 0 saturated carbocycles. The Morgan fingerprint density at radius 3 is 2.20 bits per heavy atom. The van der Waals surface area contributed by atoms with Crippen molar-refractivity contribution >= 4 is 0 Å². The molecule has 2 heterocycles. The number of rotatable bonds is 3. The fourth-order valence-electron chi connectivity index (χ4n) is 3.55. The first kappa shape index (κ1) is 16.3. The number of nitrogens with one attached hydrogen (secondary N) is 1. The summed E-state index contributed by atoms with van der Waals surface area (Å²) in [6, 6.07) is 0.683. The van der Waals surface area contributed by atoms with Crippen LogP contribution in [0.25, 0.3) is 0 Å². The van der Waals surface area contributed by atoms with E-state index < -0.39 is 0 Å². The molecule has 20 heavy (non-hydrogen) atoms. The lowest BCUT2D eigenvalue weighted by molar-refractivity contribution is -0.00658. The monoisotopic (exact) mass is 281 g/mol. The van der Waals surface area contributed by atoms with E-state index in [2.05, 4.69) is 56.7 Å². The van der Waals surface area contributed by atoms with Gasteiger partial charge >= 0.3 is 0 Å². The first-order valence-electron chi connectivity index (χ1n) is 8.38. The van der Waals surface area contributed by atoms with E-state index in [1.165, 1.54) is 45.6 Å². The van der Waals surface area contributed by atoms with Crippen LogP contribution in [0.1, 0.15) is 54.4 Å². The van der Waals surface area contributed by atoms with Crippen molar-refractivity contribution in [2.45, 2.75) is 71.5 Å². The quantitative estimate of drug-likeness (QED) is 0.858. The number of hydrogen-bond acceptors (Lipinski definition) is 3. The molecular weight excluding hydrogens is 246 g/mol. The molecule has 2 fully saturated rings. The Kier molecular flexibility index (Phi) is 4.83. The second-order valence-corrected chi connectivity index (χ2v) is 8.93. The molecule has 0 bridgehead atoms. The Balaban J connectivity index is 1.72. The van der Waals surface area contributed by atoms with Crippen LogP contribution in [0.4, 0.5) is 0 Å². The van der Waals surface area contributed by atoms with Crippen molar-refractivity contribution in [2.75, 3.05) is 32.7 Å². The van der Waals surface area contributed by atoms with Crippen LogP contribution in [-0.4, -0.2) is 59.6 Å². The van der Waals surface area contributed by atoms with E-state index in [1.54, 1.807) is 0 Å². The van der Waals surface area contributed by atoms with Gasteiger partial charge in [-0.1, -0.05) is 0 Å². The van der Waals surface area contributed by atoms with Crippen LogP contribution < -0.4 is 5.32 Å². The summed E-state index contributed by atoms with van der Waals surface area (Å²) in [5.41, 5.74) is 0.599. The Labute approximate surface area is 126 Å². The summed E-state index contributed by atoms with van der Waals surface area (Å²) in [5.74, 6) is 0.891. The van der Waals surface area contributed by atoms with Crippen molar-refractivity contribution < 1.29 is 0 Å². The molecule has 0 amide bonds. The lowest BCUT2D eigenvalue weighted by Gasteiger charge is -2.49. The molecule has 3 heteroatoms.